The minimum absolute atomic E-state index is 0.0353. The van der Waals surface area contributed by atoms with Crippen molar-refractivity contribution in [3.8, 4) is 0 Å². The lowest BCUT2D eigenvalue weighted by atomic mass is 9.84. The predicted octanol–water partition coefficient (Wildman–Crippen LogP) is 4.65. The summed E-state index contributed by atoms with van der Waals surface area (Å²) in [5, 5.41) is 2.36. The van der Waals surface area contributed by atoms with Crippen molar-refractivity contribution in [2.24, 2.45) is 0 Å². The second kappa shape index (κ2) is 6.29. The standard InChI is InChI=1S/C16H21F3N2O2/c1-4-5-6-9-15(16(17,18)19)12-10-11(21(2)3)7-8-13(12)20-14(22)23-15/h7-8,10H,4-6,9H2,1-3H3,(H,20,22). The highest BCUT2D eigenvalue weighted by Gasteiger charge is 2.61. The summed E-state index contributed by atoms with van der Waals surface area (Å²) in [5.74, 6) is 0. The van der Waals surface area contributed by atoms with E-state index in [9.17, 15) is 18.0 Å². The van der Waals surface area contributed by atoms with Gasteiger partial charge in [-0.15, -0.1) is 0 Å². The number of ether oxygens (including phenoxy) is 1. The monoisotopic (exact) mass is 330 g/mol. The van der Waals surface area contributed by atoms with E-state index < -0.39 is 17.9 Å². The van der Waals surface area contributed by atoms with Gasteiger partial charge < -0.3 is 9.64 Å². The van der Waals surface area contributed by atoms with Crippen LogP contribution in [0.25, 0.3) is 0 Å². The molecule has 23 heavy (non-hydrogen) atoms. The molecule has 1 aromatic rings. The number of amides is 1. The van der Waals surface area contributed by atoms with Crippen LogP contribution in [0, 0.1) is 0 Å². The average Bonchev–Trinajstić information content (AvgIpc) is 2.45. The number of benzene rings is 1. The molecule has 1 aromatic carbocycles. The third-order valence-electron chi connectivity index (χ3n) is 4.05. The maximum absolute atomic E-state index is 13.9. The van der Waals surface area contributed by atoms with Gasteiger partial charge in [0.05, 0.1) is 5.69 Å². The molecule has 1 atom stereocenters. The molecule has 7 heteroatoms. The minimum Gasteiger partial charge on any atom is -0.428 e. The van der Waals surface area contributed by atoms with Crippen molar-refractivity contribution in [2.45, 2.75) is 44.4 Å². The van der Waals surface area contributed by atoms with Crippen LogP contribution < -0.4 is 10.2 Å². The lowest BCUT2D eigenvalue weighted by Gasteiger charge is -2.40. The Morgan fingerprint density at radius 1 is 1.26 bits per heavy atom. The first-order valence-corrected chi connectivity index (χ1v) is 7.60. The van der Waals surface area contributed by atoms with E-state index in [1.807, 2.05) is 6.92 Å². The van der Waals surface area contributed by atoms with Gasteiger partial charge in [-0.3, -0.25) is 5.32 Å². The fourth-order valence-corrected chi connectivity index (χ4v) is 2.76. The molecule has 1 amide bonds. The van der Waals surface area contributed by atoms with Crippen LogP contribution >= 0.6 is 0 Å². The van der Waals surface area contributed by atoms with Gasteiger partial charge in [-0.25, -0.2) is 4.79 Å². The molecule has 0 saturated carbocycles. The Bertz CT molecular complexity index is 587. The van der Waals surface area contributed by atoms with Crippen LogP contribution in [-0.4, -0.2) is 26.4 Å². The maximum Gasteiger partial charge on any atom is 0.432 e. The molecule has 0 saturated heterocycles. The summed E-state index contributed by atoms with van der Waals surface area (Å²) >= 11 is 0. The Hall–Kier alpha value is -1.92. The van der Waals surface area contributed by atoms with Gasteiger partial charge in [-0.1, -0.05) is 19.8 Å². The van der Waals surface area contributed by atoms with Crippen molar-refractivity contribution in [3.05, 3.63) is 23.8 Å². The lowest BCUT2D eigenvalue weighted by Crippen LogP contribution is -2.50. The molecule has 0 aliphatic carbocycles. The Kier molecular flexibility index (Phi) is 4.77. The SMILES string of the molecule is CCCCCC1(C(F)(F)F)OC(=O)Nc2ccc(N(C)C)cc21. The highest BCUT2D eigenvalue weighted by molar-refractivity contribution is 5.89. The number of nitrogens with one attached hydrogen (secondary N) is 1. The average molecular weight is 330 g/mol. The molecule has 1 unspecified atom stereocenters. The van der Waals surface area contributed by atoms with Crippen LogP contribution in [0.15, 0.2) is 18.2 Å². The molecule has 2 rings (SSSR count). The van der Waals surface area contributed by atoms with Crippen LogP contribution in [0.1, 0.15) is 38.2 Å². The Morgan fingerprint density at radius 2 is 1.96 bits per heavy atom. The van der Waals surface area contributed by atoms with E-state index in [4.69, 9.17) is 4.74 Å². The van der Waals surface area contributed by atoms with E-state index in [1.165, 1.54) is 12.1 Å². The largest absolute Gasteiger partial charge is 0.432 e. The van der Waals surface area contributed by atoms with Crippen molar-refractivity contribution >= 4 is 17.5 Å². The zero-order valence-electron chi connectivity index (χ0n) is 13.5. The molecule has 0 bridgehead atoms. The number of anilines is 2. The molecule has 128 valence electrons. The number of alkyl halides is 3. The Morgan fingerprint density at radius 3 is 2.52 bits per heavy atom. The summed E-state index contributed by atoms with van der Waals surface area (Å²) in [6.45, 7) is 1.91. The number of hydrogen-bond donors (Lipinski definition) is 1. The van der Waals surface area contributed by atoms with E-state index in [0.717, 1.165) is 6.42 Å². The van der Waals surface area contributed by atoms with Crippen LogP contribution in [0.3, 0.4) is 0 Å². The van der Waals surface area contributed by atoms with E-state index in [2.05, 4.69) is 5.32 Å². The molecule has 1 heterocycles. The van der Waals surface area contributed by atoms with Gasteiger partial charge in [0, 0.05) is 31.8 Å². The van der Waals surface area contributed by atoms with Crippen LogP contribution in [-0.2, 0) is 10.3 Å². The van der Waals surface area contributed by atoms with Crippen LogP contribution in [0.5, 0.6) is 0 Å². The number of cyclic esters (lactones) is 1. The topological polar surface area (TPSA) is 41.6 Å². The van der Waals surface area contributed by atoms with Gasteiger partial charge in [-0.2, -0.15) is 13.2 Å². The predicted molar refractivity (Wildman–Crippen MR) is 82.7 cm³/mol. The first kappa shape index (κ1) is 17.4. The van der Waals surface area contributed by atoms with E-state index in [-0.39, 0.29) is 17.7 Å². The molecule has 4 nitrogen and oxygen atoms in total. The second-order valence-corrected chi connectivity index (χ2v) is 5.92. The number of rotatable bonds is 5. The third-order valence-corrected chi connectivity index (χ3v) is 4.05. The van der Waals surface area contributed by atoms with Crippen molar-refractivity contribution in [1.82, 2.24) is 0 Å². The van der Waals surface area contributed by atoms with Crippen LogP contribution in [0.4, 0.5) is 29.3 Å². The molecule has 0 aromatic heterocycles. The number of nitrogens with zero attached hydrogens (tertiary/aromatic N) is 1. The molecule has 0 fully saturated rings. The molecule has 0 spiro atoms. The van der Waals surface area contributed by atoms with Crippen molar-refractivity contribution in [2.75, 3.05) is 24.3 Å². The number of halogens is 3. The third kappa shape index (κ3) is 3.23. The number of carbonyl (C=O) groups is 1. The summed E-state index contributed by atoms with van der Waals surface area (Å²) in [6, 6.07) is 4.59. The zero-order valence-corrected chi connectivity index (χ0v) is 13.5. The van der Waals surface area contributed by atoms with Crippen molar-refractivity contribution in [1.29, 1.82) is 0 Å². The second-order valence-electron chi connectivity index (χ2n) is 5.92. The van der Waals surface area contributed by atoms with Crippen LogP contribution in [0.2, 0.25) is 0 Å². The molecule has 1 N–H and O–H groups in total. The van der Waals surface area contributed by atoms with Crippen molar-refractivity contribution in [3.63, 3.8) is 0 Å². The fraction of sp³-hybridized carbons (Fsp3) is 0.562. The summed E-state index contributed by atoms with van der Waals surface area (Å²) in [7, 11) is 3.49. The van der Waals surface area contributed by atoms with Gasteiger partial charge in [0.25, 0.3) is 0 Å². The van der Waals surface area contributed by atoms with E-state index in [1.54, 1.807) is 25.1 Å². The quantitative estimate of drug-likeness (QED) is 0.799. The highest BCUT2D eigenvalue weighted by Crippen LogP contribution is 2.51. The summed E-state index contributed by atoms with van der Waals surface area (Å²) in [6.07, 6.45) is -4.27. The number of carbonyl (C=O) groups excluding carboxylic acids is 1. The van der Waals surface area contributed by atoms with Gasteiger partial charge in [0.2, 0.25) is 5.60 Å². The first-order chi connectivity index (χ1) is 10.7. The Labute approximate surface area is 133 Å². The van der Waals surface area contributed by atoms with Gasteiger partial charge in [0.1, 0.15) is 0 Å². The van der Waals surface area contributed by atoms with Crippen molar-refractivity contribution < 1.29 is 22.7 Å². The van der Waals surface area contributed by atoms with E-state index in [0.29, 0.717) is 18.5 Å². The normalized spacial score (nSPS) is 20.5. The summed E-state index contributed by atoms with van der Waals surface area (Å²) < 4.78 is 46.5. The molecular formula is C16H21F3N2O2. The molecule has 1 aliphatic heterocycles. The van der Waals surface area contributed by atoms with Gasteiger partial charge in [0.15, 0.2) is 0 Å². The fourth-order valence-electron chi connectivity index (χ4n) is 2.76. The number of fused-ring (bicyclic) bond motifs is 1. The number of unbranched alkanes of at least 4 members (excludes halogenated alkanes) is 2. The molecular weight excluding hydrogens is 309 g/mol. The smallest absolute Gasteiger partial charge is 0.428 e. The first-order valence-electron chi connectivity index (χ1n) is 7.60. The maximum atomic E-state index is 13.9. The lowest BCUT2D eigenvalue weighted by molar-refractivity contribution is -0.267. The molecule has 1 aliphatic rings. The highest BCUT2D eigenvalue weighted by atomic mass is 19.4. The summed E-state index contributed by atoms with van der Waals surface area (Å²) in [4.78, 5) is 13.4. The zero-order chi connectivity index (χ0) is 17.3. The van der Waals surface area contributed by atoms with Gasteiger partial charge in [-0.05, 0) is 24.6 Å². The number of hydrogen-bond acceptors (Lipinski definition) is 3. The Balaban J connectivity index is 2.57. The van der Waals surface area contributed by atoms with Gasteiger partial charge >= 0.3 is 12.3 Å². The minimum atomic E-state index is -4.68. The van der Waals surface area contributed by atoms with E-state index >= 15 is 0 Å². The molecule has 0 radical (unpaired) electrons. The summed E-state index contributed by atoms with van der Waals surface area (Å²) in [5.41, 5.74) is -1.86.